The second kappa shape index (κ2) is 12.5. The number of halogens is 1. The van der Waals surface area contributed by atoms with Crippen molar-refractivity contribution in [1.82, 2.24) is 4.90 Å². The Labute approximate surface area is 241 Å². The number of benzene rings is 1. The number of esters is 1. The van der Waals surface area contributed by atoms with Crippen LogP contribution in [0.1, 0.15) is 57.4 Å². The number of aliphatic hydroxyl groups is 1. The van der Waals surface area contributed by atoms with Crippen LogP contribution < -0.4 is 4.90 Å². The molecule has 3 aliphatic heterocycles. The van der Waals surface area contributed by atoms with Gasteiger partial charge in [-0.25, -0.2) is 0 Å². The molecule has 3 saturated heterocycles. The number of anilines is 1. The van der Waals surface area contributed by atoms with Gasteiger partial charge in [0.1, 0.15) is 17.6 Å². The molecule has 8 nitrogen and oxygen atoms in total. The Morgan fingerprint density at radius 3 is 2.67 bits per heavy atom. The van der Waals surface area contributed by atoms with Crippen LogP contribution >= 0.6 is 11.6 Å². The lowest BCUT2D eigenvalue weighted by Crippen LogP contribution is -2.56. The van der Waals surface area contributed by atoms with E-state index >= 15 is 0 Å². The number of likely N-dealkylation sites (tertiary alicyclic amines) is 1. The molecule has 3 fully saturated rings. The fourth-order valence-corrected chi connectivity index (χ4v) is 7.22. The topological polar surface area (TPSA) is 96.4 Å². The predicted octanol–water partition coefficient (Wildman–Crippen LogP) is 4.60. The minimum atomic E-state index is -1.15. The Bertz CT molecular complexity index is 1140. The van der Waals surface area contributed by atoms with Gasteiger partial charge in [0.15, 0.2) is 0 Å². The largest absolute Gasteiger partial charge is 0.465 e. The number of hydrogen-bond donors (Lipinski definition) is 1. The molecule has 0 aliphatic carbocycles. The van der Waals surface area contributed by atoms with E-state index in [9.17, 15) is 19.5 Å². The summed E-state index contributed by atoms with van der Waals surface area (Å²) in [6, 6.07) is 4.51. The Kier molecular flexibility index (Phi) is 9.43. The summed E-state index contributed by atoms with van der Waals surface area (Å²) in [7, 11) is 0. The van der Waals surface area contributed by atoms with E-state index in [4.69, 9.17) is 21.1 Å². The smallest absolute Gasteiger partial charge is 0.312 e. The second-order valence-electron chi connectivity index (χ2n) is 11.3. The number of hydrogen-bond acceptors (Lipinski definition) is 6. The van der Waals surface area contributed by atoms with Gasteiger partial charge in [0, 0.05) is 19.7 Å². The summed E-state index contributed by atoms with van der Waals surface area (Å²) in [6.45, 7) is 12.1. The third-order valence-corrected chi connectivity index (χ3v) is 8.96. The first-order valence-electron chi connectivity index (χ1n) is 14.2. The molecule has 218 valence electrons. The van der Waals surface area contributed by atoms with E-state index in [0.29, 0.717) is 55.8 Å². The number of carbonyl (C=O) groups is 3. The molecule has 5 atom stereocenters. The maximum atomic E-state index is 14.6. The monoisotopic (exact) mass is 572 g/mol. The number of aryl methyl sites for hydroxylation is 1. The number of nitrogens with zero attached hydrogens (tertiary/aromatic N) is 2. The summed E-state index contributed by atoms with van der Waals surface area (Å²) >= 11 is 6.61. The van der Waals surface area contributed by atoms with Crippen LogP contribution in [0.2, 0.25) is 5.02 Å². The van der Waals surface area contributed by atoms with E-state index < -0.39 is 35.0 Å². The van der Waals surface area contributed by atoms with Crippen LogP contribution in [-0.2, 0) is 23.9 Å². The lowest BCUT2D eigenvalue weighted by Gasteiger charge is -2.37. The molecule has 9 heteroatoms. The van der Waals surface area contributed by atoms with Gasteiger partial charge in [0.05, 0.1) is 28.8 Å². The van der Waals surface area contributed by atoms with Gasteiger partial charge in [-0.1, -0.05) is 35.9 Å². The molecule has 0 radical (unpaired) electrons. The number of unbranched alkanes of at least 4 members (excludes halogenated alkanes) is 3. The van der Waals surface area contributed by atoms with Crippen molar-refractivity contribution in [3.8, 4) is 0 Å². The quantitative estimate of drug-likeness (QED) is 0.199. The van der Waals surface area contributed by atoms with Crippen LogP contribution in [0.25, 0.3) is 0 Å². The maximum absolute atomic E-state index is 14.6. The van der Waals surface area contributed by atoms with Crippen LogP contribution in [0.4, 0.5) is 5.69 Å². The lowest BCUT2D eigenvalue weighted by molar-refractivity contribution is -0.159. The average Bonchev–Trinajstić information content (AvgIpc) is 3.48. The van der Waals surface area contributed by atoms with E-state index in [-0.39, 0.29) is 31.6 Å². The van der Waals surface area contributed by atoms with Crippen molar-refractivity contribution in [2.24, 2.45) is 11.8 Å². The van der Waals surface area contributed by atoms with E-state index in [1.807, 2.05) is 26.0 Å². The highest BCUT2D eigenvalue weighted by atomic mass is 35.5. The molecule has 2 bridgehead atoms. The fourth-order valence-electron chi connectivity index (χ4n) is 6.90. The molecule has 1 aromatic rings. The molecule has 40 heavy (non-hydrogen) atoms. The zero-order valence-corrected chi connectivity index (χ0v) is 24.3. The highest BCUT2D eigenvalue weighted by Crippen LogP contribution is 2.63. The van der Waals surface area contributed by atoms with Gasteiger partial charge >= 0.3 is 5.97 Å². The minimum Gasteiger partial charge on any atom is -0.465 e. The molecular formula is C31H41ClN2O6. The van der Waals surface area contributed by atoms with Crippen molar-refractivity contribution < 1.29 is 29.0 Å². The summed E-state index contributed by atoms with van der Waals surface area (Å²) in [5, 5.41) is 9.69. The average molecular weight is 573 g/mol. The van der Waals surface area contributed by atoms with Gasteiger partial charge in [-0.3, -0.25) is 14.4 Å². The third kappa shape index (κ3) is 5.21. The molecule has 4 rings (SSSR count). The summed E-state index contributed by atoms with van der Waals surface area (Å²) in [4.78, 5) is 45.5. The van der Waals surface area contributed by atoms with E-state index in [1.54, 1.807) is 28.0 Å². The Morgan fingerprint density at radius 1 is 1.23 bits per heavy atom. The highest BCUT2D eigenvalue weighted by Gasteiger charge is 2.78. The first-order chi connectivity index (χ1) is 19.2. The number of allylic oxidation sites excluding steroid dienone is 1. The molecule has 2 amide bonds. The first kappa shape index (κ1) is 30.3. The summed E-state index contributed by atoms with van der Waals surface area (Å²) < 4.78 is 12.3. The zero-order chi connectivity index (χ0) is 29.1. The fraction of sp³-hybridized carbons (Fsp3) is 0.581. The van der Waals surface area contributed by atoms with E-state index in [0.717, 1.165) is 12.0 Å². The molecule has 0 aromatic heterocycles. The number of para-hydroxylation sites is 1. The normalized spacial score (nSPS) is 28.4. The molecule has 1 N–H and O–H groups in total. The number of aliphatic hydroxyl groups excluding tert-OH is 1. The van der Waals surface area contributed by atoms with Crippen molar-refractivity contribution in [3.63, 3.8) is 0 Å². The van der Waals surface area contributed by atoms with Crippen molar-refractivity contribution in [2.75, 3.05) is 31.2 Å². The van der Waals surface area contributed by atoms with Crippen molar-refractivity contribution in [3.05, 3.63) is 54.1 Å². The van der Waals surface area contributed by atoms with Gasteiger partial charge < -0.3 is 24.4 Å². The summed E-state index contributed by atoms with van der Waals surface area (Å²) in [6.07, 6.45) is 7.70. The lowest BCUT2D eigenvalue weighted by atomic mass is 9.66. The van der Waals surface area contributed by atoms with Crippen LogP contribution in [0.3, 0.4) is 0 Å². The SMILES string of the molecule is C=CCCCOC(=O)[C@H]1[C@H]2C(=O)N(CCCCCO)C(C(=O)N(CC=C)c3c(C)cccc3Cl)C23CC[C@]1(C)O3. The van der Waals surface area contributed by atoms with Crippen LogP contribution in [0, 0.1) is 18.8 Å². The second-order valence-corrected chi connectivity index (χ2v) is 11.7. The first-order valence-corrected chi connectivity index (χ1v) is 14.6. The van der Waals surface area contributed by atoms with Crippen molar-refractivity contribution >= 4 is 35.1 Å². The molecule has 1 spiro atoms. The minimum absolute atomic E-state index is 0.0585. The molecule has 1 aromatic carbocycles. The van der Waals surface area contributed by atoms with Gasteiger partial charge in [-0.2, -0.15) is 0 Å². The van der Waals surface area contributed by atoms with Gasteiger partial charge in [0.25, 0.3) is 5.91 Å². The molecule has 2 unspecified atom stereocenters. The Hall–Kier alpha value is -2.68. The predicted molar refractivity (Wildman–Crippen MR) is 154 cm³/mol. The van der Waals surface area contributed by atoms with E-state index in [1.165, 1.54) is 0 Å². The Morgan fingerprint density at radius 2 is 2.00 bits per heavy atom. The number of fused-ring (bicyclic) bond motifs is 1. The van der Waals surface area contributed by atoms with Gasteiger partial charge in [0.2, 0.25) is 5.91 Å². The number of carbonyl (C=O) groups excluding carboxylic acids is 3. The number of amides is 2. The summed E-state index contributed by atoms with van der Waals surface area (Å²) in [5.41, 5.74) is -0.668. The Balaban J connectivity index is 1.74. The molecule has 3 heterocycles. The third-order valence-electron chi connectivity index (χ3n) is 8.65. The zero-order valence-electron chi connectivity index (χ0n) is 23.6. The summed E-state index contributed by atoms with van der Waals surface area (Å²) in [5.74, 6) is -2.63. The molecule has 3 aliphatic rings. The van der Waals surface area contributed by atoms with Crippen LogP contribution in [0.5, 0.6) is 0 Å². The van der Waals surface area contributed by atoms with Gasteiger partial charge in [-0.15, -0.1) is 13.2 Å². The van der Waals surface area contributed by atoms with Crippen LogP contribution in [0.15, 0.2) is 43.5 Å². The van der Waals surface area contributed by atoms with Crippen molar-refractivity contribution in [1.29, 1.82) is 0 Å². The molecular weight excluding hydrogens is 532 g/mol. The van der Waals surface area contributed by atoms with Crippen molar-refractivity contribution in [2.45, 2.75) is 76.0 Å². The van der Waals surface area contributed by atoms with Gasteiger partial charge in [-0.05, 0) is 70.4 Å². The molecule has 0 saturated carbocycles. The maximum Gasteiger partial charge on any atom is 0.312 e. The number of ether oxygens (including phenoxy) is 2. The number of rotatable bonds is 14. The standard InChI is InChI=1S/C31H41ClN2O6/c1-5-7-11-20-39-29(38)24-23-27(36)34(18-9-8-10-19-35)26(31(23)16-15-30(24,4)40-31)28(37)33(17-6-2)25-21(3)13-12-14-22(25)32/h5-6,12-14,23-24,26,35H,1-2,7-11,15-20H2,3-4H3/t23-,24+,26?,30-,31?/m0/s1. The highest BCUT2D eigenvalue weighted by molar-refractivity contribution is 6.34. The van der Waals surface area contributed by atoms with Crippen LogP contribution in [-0.4, -0.2) is 71.3 Å². The van der Waals surface area contributed by atoms with E-state index in [2.05, 4.69) is 13.2 Å².